The molecule has 0 amide bonds. The summed E-state index contributed by atoms with van der Waals surface area (Å²) >= 11 is 0. The molecule has 53 heavy (non-hydrogen) atoms. The van der Waals surface area contributed by atoms with Gasteiger partial charge in [-0.3, -0.25) is 4.57 Å². The summed E-state index contributed by atoms with van der Waals surface area (Å²) in [6, 6.07) is 30.6. The van der Waals surface area contributed by atoms with Gasteiger partial charge >= 0.3 is 0 Å². The molecule has 8 rings (SSSR count). The Balaban J connectivity index is 1.47. The predicted octanol–water partition coefficient (Wildman–Crippen LogP) is -1.17. The second-order valence-corrected chi connectivity index (χ2v) is 13.2. The van der Waals surface area contributed by atoms with Gasteiger partial charge in [0.1, 0.15) is 84.3 Å². The van der Waals surface area contributed by atoms with Crippen LogP contribution in [0.3, 0.4) is 0 Å². The van der Waals surface area contributed by atoms with Crippen LogP contribution in [0.1, 0.15) is 12.7 Å². The zero-order chi connectivity index (χ0) is 37.5. The second-order valence-electron chi connectivity index (χ2n) is 13.2. The van der Waals surface area contributed by atoms with Crippen molar-refractivity contribution in [3.63, 3.8) is 0 Å². The van der Waals surface area contributed by atoms with Gasteiger partial charge in [0.2, 0.25) is 0 Å². The van der Waals surface area contributed by atoms with Crippen LogP contribution in [0.4, 0.5) is 0 Å². The molecule has 8 aromatic rings. The highest BCUT2D eigenvalue weighted by molar-refractivity contribution is 6.70. The lowest BCUT2D eigenvalue weighted by Crippen LogP contribution is -2.55. The normalized spacial score (nSPS) is 11.6. The van der Waals surface area contributed by atoms with E-state index >= 15 is 0 Å². The largest absolute Gasteiger partial charge is 0.296 e. The maximum atomic E-state index is 6.76. The monoisotopic (exact) mass is 650 g/mol. The van der Waals surface area contributed by atoms with Gasteiger partial charge < -0.3 is 0 Å². The van der Waals surface area contributed by atoms with E-state index in [1.807, 2.05) is 54.6 Å². The Labute approximate surface area is 323 Å². The number of benzene rings is 7. The van der Waals surface area contributed by atoms with E-state index in [4.69, 9.17) is 83.4 Å². The van der Waals surface area contributed by atoms with Gasteiger partial charge in [-0.25, -0.2) is 4.98 Å². The molecule has 2 nitrogen and oxygen atoms in total. The zero-order valence-electron chi connectivity index (χ0n) is 29.0. The Morgan fingerprint density at radius 2 is 0.906 bits per heavy atom. The van der Waals surface area contributed by atoms with Crippen LogP contribution in [-0.4, -0.2) is 88.0 Å². The fourth-order valence-corrected chi connectivity index (χ4v) is 7.57. The number of imidazole rings is 1. The smallest absolute Gasteiger partial charge is 0.114 e. The first kappa shape index (κ1) is 35.2. The summed E-state index contributed by atoms with van der Waals surface area (Å²) in [6.07, 6.45) is 0.780. The van der Waals surface area contributed by atoms with E-state index in [1.165, 1.54) is 0 Å². The molecule has 0 atom stereocenters. The maximum absolute atomic E-state index is 6.76. The molecule has 0 aliphatic heterocycles. The number of fused-ring (bicyclic) bond motifs is 3. The summed E-state index contributed by atoms with van der Waals surface area (Å²) < 4.78 is 2.20. The third-order valence-electron chi connectivity index (χ3n) is 10.3. The molecule has 0 spiro atoms. The van der Waals surface area contributed by atoms with Crippen molar-refractivity contribution in [2.75, 3.05) is 0 Å². The Morgan fingerprint density at radius 1 is 0.434 bits per heavy atom. The third-order valence-corrected chi connectivity index (χ3v) is 10.3. The molecule has 0 bridgehead atoms. The number of rotatable bonds is 5. The first-order valence-electron chi connectivity index (χ1n) is 17.0. The van der Waals surface area contributed by atoms with Gasteiger partial charge in [-0.2, -0.15) is 0 Å². The molecule has 7 aromatic carbocycles. The SMILES string of the molecule is [B]c1c([B])c([B])c(-c2ccc3c(-c4ccc(-n5c(CC)nc6ccccc65)cc4)c4ccccc4c(-c4c([B])c([B])c([B])c([B])c4[B])c3c2)c([B])c1[B]. The summed E-state index contributed by atoms with van der Waals surface area (Å²) in [5, 5.41) is 3.46. The number of hydrogen-bond acceptors (Lipinski definition) is 1. The van der Waals surface area contributed by atoms with E-state index in [1.54, 1.807) is 0 Å². The Morgan fingerprint density at radius 3 is 1.49 bits per heavy atom. The quantitative estimate of drug-likeness (QED) is 0.170. The summed E-state index contributed by atoms with van der Waals surface area (Å²) in [7, 11) is 64.6. The van der Waals surface area contributed by atoms with Gasteiger partial charge in [0.15, 0.2) is 0 Å². The van der Waals surface area contributed by atoms with Crippen LogP contribution in [0.15, 0.2) is 91.0 Å². The summed E-state index contributed by atoms with van der Waals surface area (Å²) in [6.45, 7) is 2.11. The van der Waals surface area contributed by atoms with Gasteiger partial charge in [-0.15, -0.1) is 32.8 Å². The highest BCUT2D eigenvalue weighted by atomic mass is 15.1. The Hall–Kier alpha value is -4.82. The number of para-hydroxylation sites is 2. The second kappa shape index (κ2) is 13.2. The summed E-state index contributed by atoms with van der Waals surface area (Å²) in [5.41, 5.74) is 8.92. The van der Waals surface area contributed by atoms with Crippen LogP contribution in [0.5, 0.6) is 0 Å². The van der Waals surface area contributed by atoms with Gasteiger partial charge in [-0.1, -0.05) is 89.4 Å². The molecule has 12 heteroatoms. The average Bonchev–Trinajstić information content (AvgIpc) is 3.56. The molecule has 0 saturated carbocycles. The molecule has 0 aliphatic rings. The van der Waals surface area contributed by atoms with E-state index in [9.17, 15) is 0 Å². The Kier molecular flexibility index (Phi) is 8.80. The van der Waals surface area contributed by atoms with Crippen LogP contribution in [0.25, 0.3) is 71.6 Å². The van der Waals surface area contributed by atoms with Crippen LogP contribution >= 0.6 is 0 Å². The molecule has 224 valence electrons. The van der Waals surface area contributed by atoms with Crippen LogP contribution < -0.4 is 54.6 Å². The summed E-state index contributed by atoms with van der Waals surface area (Å²) in [4.78, 5) is 4.88. The first-order valence-corrected chi connectivity index (χ1v) is 17.0. The molecule has 20 radical (unpaired) electrons. The van der Waals surface area contributed by atoms with Crippen LogP contribution in [-0.2, 0) is 6.42 Å². The van der Waals surface area contributed by atoms with E-state index in [-0.39, 0.29) is 54.6 Å². The van der Waals surface area contributed by atoms with Crippen molar-refractivity contribution in [3.05, 3.63) is 96.8 Å². The fraction of sp³-hybridized carbons (Fsp3) is 0.0488. The molecular formula is C41H20B10N2. The van der Waals surface area contributed by atoms with Crippen molar-refractivity contribution in [2.24, 2.45) is 0 Å². The fourth-order valence-electron chi connectivity index (χ4n) is 7.57. The molecule has 0 fully saturated rings. The van der Waals surface area contributed by atoms with Gasteiger partial charge in [0, 0.05) is 12.1 Å². The van der Waals surface area contributed by atoms with E-state index in [0.29, 0.717) is 22.3 Å². The number of hydrogen-bond donors (Lipinski definition) is 0. The molecule has 1 heterocycles. The van der Waals surface area contributed by atoms with Crippen molar-refractivity contribution >= 4 is 166 Å². The lowest BCUT2D eigenvalue weighted by molar-refractivity contribution is 0.908. The molecular weight excluding hydrogens is 629 g/mol. The molecule has 0 N–H and O–H groups in total. The number of nitrogens with zero attached hydrogens (tertiary/aromatic N) is 2. The number of aromatic nitrogens is 2. The van der Waals surface area contributed by atoms with Gasteiger partial charge in [0.25, 0.3) is 0 Å². The van der Waals surface area contributed by atoms with E-state index < -0.39 is 0 Å². The van der Waals surface area contributed by atoms with Crippen LogP contribution in [0.2, 0.25) is 0 Å². The molecule has 0 unspecified atom stereocenters. The minimum absolute atomic E-state index is 0.125. The zero-order valence-corrected chi connectivity index (χ0v) is 29.0. The average molecular weight is 649 g/mol. The minimum atomic E-state index is 0.125. The van der Waals surface area contributed by atoms with Gasteiger partial charge in [-0.05, 0) is 85.3 Å². The minimum Gasteiger partial charge on any atom is -0.296 e. The van der Waals surface area contributed by atoms with E-state index in [2.05, 4.69) is 47.9 Å². The molecule has 1 aromatic heterocycles. The lowest BCUT2D eigenvalue weighted by Gasteiger charge is -2.26. The lowest BCUT2D eigenvalue weighted by atomic mass is 9.59. The van der Waals surface area contributed by atoms with Crippen molar-refractivity contribution < 1.29 is 0 Å². The molecule has 0 aliphatic carbocycles. The topological polar surface area (TPSA) is 17.8 Å². The van der Waals surface area contributed by atoms with Crippen LogP contribution in [0, 0.1) is 0 Å². The highest BCUT2D eigenvalue weighted by Gasteiger charge is 2.22. The summed E-state index contributed by atoms with van der Waals surface area (Å²) in [5.74, 6) is 0.978. The Bertz CT molecular complexity index is 2770. The maximum Gasteiger partial charge on any atom is 0.114 e. The van der Waals surface area contributed by atoms with Crippen molar-refractivity contribution in [2.45, 2.75) is 13.3 Å². The van der Waals surface area contributed by atoms with Crippen molar-refractivity contribution in [1.82, 2.24) is 9.55 Å². The molecule has 0 saturated heterocycles. The predicted molar refractivity (Wildman–Crippen MR) is 236 cm³/mol. The van der Waals surface area contributed by atoms with Gasteiger partial charge in [0.05, 0.1) is 11.0 Å². The highest BCUT2D eigenvalue weighted by Crippen LogP contribution is 2.44. The van der Waals surface area contributed by atoms with Crippen molar-refractivity contribution in [1.29, 1.82) is 0 Å². The third kappa shape index (κ3) is 5.35. The van der Waals surface area contributed by atoms with E-state index in [0.717, 1.165) is 61.6 Å². The standard InChI is InChI=1S/C41H20B10N2/c1-2-27-52-25-9-5-6-10-26(25)53(27)20-14-11-18(12-15-20)28-21-7-3-4-8-22(21)30(31-34(44)38(48)41(51)39(49)35(31)45)24-17-19(13-16-23(24)28)29-32(42)36(46)40(50)37(47)33(29)43/h3-17H,2H2,1H3. The van der Waals surface area contributed by atoms with Crippen molar-refractivity contribution in [3.8, 4) is 39.1 Å². The number of aryl methyl sites for hydroxylation is 1. The first-order chi connectivity index (χ1) is 25.4.